The van der Waals surface area contributed by atoms with Crippen LogP contribution in [0.5, 0.6) is 0 Å². The van der Waals surface area contributed by atoms with Gasteiger partial charge in [0.25, 0.3) is 0 Å². The maximum atomic E-state index is 13.0. The van der Waals surface area contributed by atoms with Crippen molar-refractivity contribution in [2.45, 2.75) is 25.4 Å². The molecule has 2 aromatic carbocycles. The van der Waals surface area contributed by atoms with E-state index in [1.165, 1.54) is 12.1 Å². The van der Waals surface area contributed by atoms with Crippen LogP contribution < -0.4 is 15.5 Å². The highest BCUT2D eigenvalue weighted by Gasteiger charge is 2.26. The van der Waals surface area contributed by atoms with Gasteiger partial charge >= 0.3 is 6.03 Å². The Hall–Kier alpha value is -2.11. The Kier molecular flexibility index (Phi) is 5.89. The van der Waals surface area contributed by atoms with Crippen molar-refractivity contribution >= 4 is 23.3 Å². The van der Waals surface area contributed by atoms with Crippen LogP contribution in [0.3, 0.4) is 0 Å². The minimum absolute atomic E-state index is 0.135. The second kappa shape index (κ2) is 8.32. The molecule has 4 nitrogen and oxygen atoms in total. The fourth-order valence-electron chi connectivity index (χ4n) is 3.03. The standard InChI is InChI=1S/C19H21ClFN3O/c20-15-3-7-17(8-4-15)24(18-9-11-22-12-10-18)19(25)23-13-14-1-5-16(21)6-2-14/h1-8,18,22H,9-13H2,(H,23,25). The van der Waals surface area contributed by atoms with E-state index in [1.54, 1.807) is 29.2 Å². The van der Waals surface area contributed by atoms with E-state index in [2.05, 4.69) is 10.6 Å². The molecule has 0 bridgehead atoms. The molecule has 6 heteroatoms. The molecule has 2 amide bonds. The maximum Gasteiger partial charge on any atom is 0.322 e. The molecule has 0 atom stereocenters. The first-order valence-corrected chi connectivity index (χ1v) is 8.79. The summed E-state index contributed by atoms with van der Waals surface area (Å²) in [7, 11) is 0. The summed E-state index contributed by atoms with van der Waals surface area (Å²) in [6.45, 7) is 2.13. The Balaban J connectivity index is 1.74. The van der Waals surface area contributed by atoms with Gasteiger partial charge in [-0.25, -0.2) is 9.18 Å². The number of nitrogens with zero attached hydrogens (tertiary/aromatic N) is 1. The maximum absolute atomic E-state index is 13.0. The molecular formula is C19H21ClFN3O. The second-order valence-electron chi connectivity index (χ2n) is 6.11. The number of carbonyl (C=O) groups excluding carboxylic acids is 1. The lowest BCUT2D eigenvalue weighted by molar-refractivity contribution is 0.241. The lowest BCUT2D eigenvalue weighted by Gasteiger charge is -2.34. The molecule has 0 unspecified atom stereocenters. The Morgan fingerprint density at radius 3 is 2.40 bits per heavy atom. The molecule has 1 heterocycles. The van der Waals surface area contributed by atoms with Gasteiger partial charge in [-0.15, -0.1) is 0 Å². The first-order chi connectivity index (χ1) is 12.1. The SMILES string of the molecule is O=C(NCc1ccc(F)cc1)N(c1ccc(Cl)cc1)C1CCNCC1. The van der Waals surface area contributed by atoms with E-state index in [-0.39, 0.29) is 17.9 Å². The van der Waals surface area contributed by atoms with Gasteiger partial charge in [0, 0.05) is 23.3 Å². The third-order valence-corrected chi connectivity index (χ3v) is 4.61. The van der Waals surface area contributed by atoms with E-state index in [4.69, 9.17) is 11.6 Å². The molecule has 1 aliphatic heterocycles. The van der Waals surface area contributed by atoms with E-state index in [0.29, 0.717) is 11.6 Å². The molecule has 0 saturated carbocycles. The summed E-state index contributed by atoms with van der Waals surface area (Å²) in [6.07, 6.45) is 1.79. The van der Waals surface area contributed by atoms with E-state index in [0.717, 1.165) is 37.2 Å². The van der Waals surface area contributed by atoms with Crippen molar-refractivity contribution in [3.8, 4) is 0 Å². The van der Waals surface area contributed by atoms with E-state index in [1.807, 2.05) is 12.1 Å². The molecule has 0 spiro atoms. The van der Waals surface area contributed by atoms with E-state index >= 15 is 0 Å². The minimum atomic E-state index is -0.285. The van der Waals surface area contributed by atoms with Crippen LogP contribution in [0.25, 0.3) is 0 Å². The van der Waals surface area contributed by atoms with Gasteiger partial charge < -0.3 is 10.6 Å². The average molecular weight is 362 g/mol. The Labute approximate surface area is 152 Å². The zero-order valence-electron chi connectivity index (χ0n) is 13.8. The molecule has 2 N–H and O–H groups in total. The quantitative estimate of drug-likeness (QED) is 0.866. The number of halogens is 2. The van der Waals surface area contributed by atoms with Gasteiger partial charge in [-0.1, -0.05) is 23.7 Å². The monoisotopic (exact) mass is 361 g/mol. The van der Waals surface area contributed by atoms with Gasteiger partial charge in [0.05, 0.1) is 0 Å². The van der Waals surface area contributed by atoms with Gasteiger partial charge in [0.1, 0.15) is 5.82 Å². The van der Waals surface area contributed by atoms with Crippen LogP contribution in [0.15, 0.2) is 48.5 Å². The minimum Gasteiger partial charge on any atom is -0.334 e. The molecule has 1 saturated heterocycles. The largest absolute Gasteiger partial charge is 0.334 e. The number of hydrogen-bond acceptors (Lipinski definition) is 2. The fraction of sp³-hybridized carbons (Fsp3) is 0.316. The predicted molar refractivity (Wildman–Crippen MR) is 98.5 cm³/mol. The Bertz CT molecular complexity index is 700. The number of benzene rings is 2. The second-order valence-corrected chi connectivity index (χ2v) is 6.55. The molecular weight excluding hydrogens is 341 g/mol. The third kappa shape index (κ3) is 4.71. The number of piperidine rings is 1. The molecule has 2 aromatic rings. The molecule has 0 aliphatic carbocycles. The summed E-state index contributed by atoms with van der Waals surface area (Å²) >= 11 is 5.98. The molecule has 0 radical (unpaired) electrons. The number of carbonyl (C=O) groups is 1. The van der Waals surface area contributed by atoms with Crippen LogP contribution >= 0.6 is 11.6 Å². The highest BCUT2D eigenvalue weighted by Crippen LogP contribution is 2.24. The summed E-state index contributed by atoms with van der Waals surface area (Å²) < 4.78 is 13.0. The molecule has 132 valence electrons. The highest BCUT2D eigenvalue weighted by molar-refractivity contribution is 6.30. The van der Waals surface area contributed by atoms with Gasteiger partial charge in [0.15, 0.2) is 0 Å². The predicted octanol–water partition coefficient (Wildman–Crippen LogP) is 3.95. The average Bonchev–Trinajstić information content (AvgIpc) is 2.64. The summed E-state index contributed by atoms with van der Waals surface area (Å²) in [4.78, 5) is 14.7. The molecule has 0 aromatic heterocycles. The first-order valence-electron chi connectivity index (χ1n) is 8.41. The Morgan fingerprint density at radius 1 is 1.12 bits per heavy atom. The van der Waals surface area contributed by atoms with Crippen molar-refractivity contribution in [1.29, 1.82) is 0 Å². The topological polar surface area (TPSA) is 44.4 Å². The lowest BCUT2D eigenvalue weighted by atomic mass is 10.0. The smallest absolute Gasteiger partial charge is 0.322 e. The number of amides is 2. The number of rotatable bonds is 4. The zero-order valence-corrected chi connectivity index (χ0v) is 14.6. The van der Waals surface area contributed by atoms with Gasteiger partial charge in [0.2, 0.25) is 0 Å². The van der Waals surface area contributed by atoms with Crippen LogP contribution in [0.4, 0.5) is 14.9 Å². The number of nitrogens with one attached hydrogen (secondary N) is 2. The highest BCUT2D eigenvalue weighted by atomic mass is 35.5. The van der Waals surface area contributed by atoms with Crippen molar-refractivity contribution < 1.29 is 9.18 Å². The first kappa shape index (κ1) is 17.7. The van der Waals surface area contributed by atoms with Crippen LogP contribution in [-0.2, 0) is 6.54 Å². The number of hydrogen-bond donors (Lipinski definition) is 2. The zero-order chi connectivity index (χ0) is 17.6. The van der Waals surface area contributed by atoms with Gasteiger partial charge in [-0.05, 0) is 67.9 Å². The molecule has 1 fully saturated rings. The van der Waals surface area contributed by atoms with Crippen LogP contribution in [-0.4, -0.2) is 25.2 Å². The van der Waals surface area contributed by atoms with Crippen molar-refractivity contribution in [2.75, 3.05) is 18.0 Å². The van der Waals surface area contributed by atoms with E-state index in [9.17, 15) is 9.18 Å². The lowest BCUT2D eigenvalue weighted by Crippen LogP contribution is -2.50. The van der Waals surface area contributed by atoms with Gasteiger partial charge in [-0.3, -0.25) is 4.90 Å². The van der Waals surface area contributed by atoms with Crippen LogP contribution in [0, 0.1) is 5.82 Å². The van der Waals surface area contributed by atoms with Gasteiger partial charge in [-0.2, -0.15) is 0 Å². The normalized spacial score (nSPS) is 15.0. The molecule has 25 heavy (non-hydrogen) atoms. The van der Waals surface area contributed by atoms with Crippen molar-refractivity contribution in [3.63, 3.8) is 0 Å². The number of anilines is 1. The number of urea groups is 1. The van der Waals surface area contributed by atoms with Crippen molar-refractivity contribution in [2.24, 2.45) is 0 Å². The van der Waals surface area contributed by atoms with E-state index < -0.39 is 0 Å². The fourth-order valence-corrected chi connectivity index (χ4v) is 3.15. The summed E-state index contributed by atoms with van der Waals surface area (Å²) in [6, 6.07) is 13.4. The summed E-state index contributed by atoms with van der Waals surface area (Å²) in [5.74, 6) is -0.285. The van der Waals surface area contributed by atoms with Crippen molar-refractivity contribution in [3.05, 3.63) is 64.9 Å². The Morgan fingerprint density at radius 2 is 1.76 bits per heavy atom. The van der Waals surface area contributed by atoms with Crippen molar-refractivity contribution in [1.82, 2.24) is 10.6 Å². The molecule has 1 aliphatic rings. The third-order valence-electron chi connectivity index (χ3n) is 4.35. The molecule has 3 rings (SSSR count). The summed E-state index contributed by atoms with van der Waals surface area (Å²) in [5.41, 5.74) is 1.68. The summed E-state index contributed by atoms with van der Waals surface area (Å²) in [5, 5.41) is 6.90. The van der Waals surface area contributed by atoms with Crippen LogP contribution in [0.2, 0.25) is 5.02 Å². The van der Waals surface area contributed by atoms with Crippen LogP contribution in [0.1, 0.15) is 18.4 Å².